The first-order valence-corrected chi connectivity index (χ1v) is 41.2. The smallest absolute Gasteiger partial charge is 0.349 e. The lowest BCUT2D eigenvalue weighted by atomic mass is 10.0. The topological polar surface area (TPSA) is 465 Å². The van der Waals surface area contributed by atoms with Crippen molar-refractivity contribution < 1.29 is 9.59 Å². The van der Waals surface area contributed by atoms with Crippen molar-refractivity contribution in [3.05, 3.63) is 135 Å². The Kier molecular flexibility index (Phi) is 51.4. The monoisotopic (exact) mass is 1760 g/mol. The van der Waals surface area contributed by atoms with E-state index in [2.05, 4.69) is 216 Å². The van der Waals surface area contributed by atoms with Crippen LogP contribution in [-0.4, -0.2) is 133 Å². The molecule has 0 unspecified atom stereocenters. The van der Waals surface area contributed by atoms with E-state index in [4.69, 9.17) is 28.7 Å². The minimum Gasteiger partial charge on any atom is -0.383 e. The van der Waals surface area contributed by atoms with Crippen LogP contribution >= 0.6 is 0 Å². The molecule has 10 rings (SSSR count). The normalized spacial score (nSPS) is 10.4. The molecule has 1 amide bonds. The first-order chi connectivity index (χ1) is 57.4. The van der Waals surface area contributed by atoms with E-state index in [1.165, 1.54) is 28.0 Å². The van der Waals surface area contributed by atoms with Crippen LogP contribution in [0.15, 0.2) is 73.8 Å². The molecule has 700 valence electrons. The number of nitrogen functional groups attached to an aromatic ring is 5. The number of fused-ring (bicyclic) bond motifs is 4. The number of amides is 1. The molecule has 10 aromatic heterocycles. The predicted molar refractivity (Wildman–Crippen MR) is 532 cm³/mol. The molecule has 0 atom stereocenters. The maximum Gasteiger partial charge on any atom is 0.349 e. The van der Waals surface area contributed by atoms with Crippen LogP contribution in [0.2, 0.25) is 0 Å². The molecule has 10 heterocycles. The van der Waals surface area contributed by atoms with Gasteiger partial charge in [-0.05, 0) is 137 Å². The summed E-state index contributed by atoms with van der Waals surface area (Å²) in [7, 11) is 0. The summed E-state index contributed by atoms with van der Waals surface area (Å²) >= 11 is 0. The molecule has 0 spiro atoms. The number of nitrogens with zero attached hydrogens (tertiary/aromatic N) is 13. The van der Waals surface area contributed by atoms with E-state index in [9.17, 15) is 33.6 Å². The van der Waals surface area contributed by atoms with Crippen molar-refractivity contribution in [2.75, 3.05) is 54.8 Å². The van der Waals surface area contributed by atoms with Gasteiger partial charge in [-0.3, -0.25) is 48.1 Å². The molecule has 32 heteroatoms. The Labute approximate surface area is 759 Å². The molecule has 0 fully saturated rings. The fourth-order valence-electron chi connectivity index (χ4n) is 11.2. The number of rotatable bonds is 19. The van der Waals surface area contributed by atoms with Crippen molar-refractivity contribution in [1.29, 1.82) is 0 Å². The van der Waals surface area contributed by atoms with Crippen LogP contribution in [0.3, 0.4) is 0 Å². The molecule has 0 aromatic carbocycles. The number of anilines is 5. The number of H-pyrrole nitrogens is 3. The van der Waals surface area contributed by atoms with Gasteiger partial charge >= 0.3 is 11.4 Å². The number of carbonyl (C=O) groups is 2. The second kappa shape index (κ2) is 56.2. The van der Waals surface area contributed by atoms with Crippen molar-refractivity contribution in [2.24, 2.45) is 17.8 Å². The maximum atomic E-state index is 12.2. The summed E-state index contributed by atoms with van der Waals surface area (Å²) in [6, 6.07) is 2.06. The van der Waals surface area contributed by atoms with Gasteiger partial charge in [0, 0.05) is 123 Å². The molecule has 0 bridgehead atoms. The number of aromatic nitrogens is 16. The Morgan fingerprint density at radius 1 is 0.359 bits per heavy atom. The molecule has 0 aliphatic carbocycles. The number of nitrogens with one attached hydrogen (secondary N) is 7. The number of hydrogen-bond acceptors (Lipinski definition) is 22. The van der Waals surface area contributed by atoms with E-state index >= 15 is 0 Å². The fraction of sp³-hybridized carbons (Fsp3) is 0.521. The summed E-state index contributed by atoms with van der Waals surface area (Å²) in [5.74, 6) is 38.1. The molecular formula is C96H149N25O7. The number of aromatic amines is 3. The lowest BCUT2D eigenvalue weighted by molar-refractivity contribution is -0.124. The third-order valence-electron chi connectivity index (χ3n) is 18.0. The largest absolute Gasteiger partial charge is 0.383 e. The minimum absolute atomic E-state index is 0. The zero-order valence-corrected chi connectivity index (χ0v) is 75.3. The van der Waals surface area contributed by atoms with Crippen LogP contribution in [0.25, 0.3) is 44.1 Å². The summed E-state index contributed by atoms with van der Waals surface area (Å²) in [6.07, 6.45) is 16.5. The van der Waals surface area contributed by atoms with Gasteiger partial charge in [0.15, 0.2) is 11.3 Å². The van der Waals surface area contributed by atoms with Gasteiger partial charge in [0.05, 0.1) is 75.5 Å². The Morgan fingerprint density at radius 2 is 0.695 bits per heavy atom. The second-order valence-electron chi connectivity index (χ2n) is 32.4. The molecule has 0 radical (unpaired) electrons. The Bertz CT molecular complexity index is 5980. The average Bonchev–Trinajstić information content (AvgIpc) is 1.65. The third-order valence-corrected chi connectivity index (χ3v) is 18.0. The van der Waals surface area contributed by atoms with Crippen molar-refractivity contribution in [3.8, 4) is 71.0 Å². The van der Waals surface area contributed by atoms with E-state index in [0.29, 0.717) is 119 Å². The van der Waals surface area contributed by atoms with Gasteiger partial charge in [-0.25, -0.2) is 29.5 Å². The van der Waals surface area contributed by atoms with Gasteiger partial charge in [-0.1, -0.05) is 157 Å². The zero-order valence-electron chi connectivity index (χ0n) is 75.3. The predicted octanol–water partition coefficient (Wildman–Crippen LogP) is 13.6. The van der Waals surface area contributed by atoms with Gasteiger partial charge in [0.25, 0.3) is 16.7 Å². The Morgan fingerprint density at radius 3 is 1.06 bits per heavy atom. The van der Waals surface area contributed by atoms with Crippen LogP contribution in [-0.2, 0) is 9.59 Å². The van der Waals surface area contributed by atoms with Gasteiger partial charge in [-0.15, -0.1) is 0 Å². The van der Waals surface area contributed by atoms with Gasteiger partial charge in [0.2, 0.25) is 17.8 Å². The van der Waals surface area contributed by atoms with Gasteiger partial charge < -0.3 is 68.2 Å². The second-order valence-corrected chi connectivity index (χ2v) is 32.4. The number of Topliss-reactive ketones (excluding diaryl/α,β-unsaturated/α-hetero) is 1. The van der Waals surface area contributed by atoms with Gasteiger partial charge in [0.1, 0.15) is 52.7 Å². The molecule has 10 aromatic rings. The highest BCUT2D eigenvalue weighted by atomic mass is 16.2. The highest BCUT2D eigenvalue weighted by Crippen LogP contribution is 2.28. The summed E-state index contributed by atoms with van der Waals surface area (Å²) in [5.41, 5.74) is 33.8. The summed E-state index contributed by atoms with van der Waals surface area (Å²) in [4.78, 5) is 118. The first-order valence-electron chi connectivity index (χ1n) is 41.2. The molecule has 0 saturated heterocycles. The average molecular weight is 1770 g/mol. The van der Waals surface area contributed by atoms with E-state index in [0.717, 1.165) is 51.6 Å². The third kappa shape index (κ3) is 35.1. The highest BCUT2D eigenvalue weighted by molar-refractivity contribution is 5.93. The molecule has 32 nitrogen and oxygen atoms in total. The van der Waals surface area contributed by atoms with Crippen LogP contribution in [0.5, 0.6) is 0 Å². The van der Waals surface area contributed by atoms with E-state index in [1.54, 1.807) is 6.20 Å². The summed E-state index contributed by atoms with van der Waals surface area (Å²) in [5, 5.41) is 14.9. The summed E-state index contributed by atoms with van der Waals surface area (Å²) < 4.78 is 10.9. The van der Waals surface area contributed by atoms with Crippen molar-refractivity contribution in [3.63, 3.8) is 0 Å². The molecule has 17 N–H and O–H groups in total. The Hall–Kier alpha value is -13.0. The lowest BCUT2D eigenvalue weighted by Crippen LogP contribution is -2.32. The molecular weight excluding hydrogens is 1620 g/mol. The summed E-state index contributed by atoms with van der Waals surface area (Å²) in [6.45, 7) is 50.2. The first kappa shape index (κ1) is 117. The number of hydrogen-bond donors (Lipinski definition) is 12. The van der Waals surface area contributed by atoms with Crippen molar-refractivity contribution in [2.45, 2.75) is 291 Å². The van der Waals surface area contributed by atoms with Crippen molar-refractivity contribution >= 4 is 85.2 Å². The maximum absolute atomic E-state index is 12.2. The number of nitrogens with two attached hydrogens (primary N) is 5. The van der Waals surface area contributed by atoms with Crippen molar-refractivity contribution in [1.82, 2.24) is 98.5 Å². The van der Waals surface area contributed by atoms with Crippen LogP contribution in [0.1, 0.15) is 306 Å². The SMILES string of the molecule is C.C.C.C.C.C.CC(C)C(=O)CCC#Cc1cn(C(C)C)c2nc(N)[nH]c(=O)c12.CC(C)C(=O)NCC#Cc1cn(C(C)C)c2ncnc(N)c12.CC(C)CCC#Cc1cn(C(C)C)c2nc(N)[nH]c(=O)c12.CC(C)NCC#Cc1cn(C(C)C)c(=O)[nH]c1=O.CC(C)NCC#Cc1cn(C(C)C)c(=O)nc1N.CC(C)NCC#Cc1cn(C(C)C)c2ncnc(N)c12. The van der Waals surface area contributed by atoms with E-state index in [-0.39, 0.29) is 133 Å². The Balaban J connectivity index is 0. The number of carbonyl (C=O) groups excluding carboxylic acids is 2. The molecule has 128 heavy (non-hydrogen) atoms. The fourth-order valence-corrected chi connectivity index (χ4v) is 11.2. The highest BCUT2D eigenvalue weighted by Gasteiger charge is 2.20. The van der Waals surface area contributed by atoms with Crippen LogP contribution in [0.4, 0.5) is 29.4 Å². The molecule has 0 saturated carbocycles. The van der Waals surface area contributed by atoms with E-state index < -0.39 is 11.2 Å². The van der Waals surface area contributed by atoms with Crippen LogP contribution < -0.4 is 78.0 Å². The van der Waals surface area contributed by atoms with E-state index in [1.807, 2.05) is 135 Å². The minimum atomic E-state index is -0.436. The van der Waals surface area contributed by atoms with Crippen LogP contribution in [0, 0.1) is 88.8 Å². The van der Waals surface area contributed by atoms with Gasteiger partial charge in [-0.2, -0.15) is 15.0 Å². The quantitative estimate of drug-likeness (QED) is 0.0335. The molecule has 0 aliphatic rings. The lowest BCUT2D eigenvalue weighted by Gasteiger charge is -2.09. The molecule has 0 aliphatic heterocycles. The number of ketones is 1. The zero-order chi connectivity index (χ0) is 91.1. The standard InChI is InChI=1S/C17H22N4O2.C16H21N5O.C16H22N4O.C15H21N5.C13H20N4O.C13H19N3O2.6CH4/c1-10(2)13(22)8-6-5-7-12-9-21(11(3)4)15-14(12)16(23)20-17(18)19-15;1-10(2)16(22)18-7-5-6-12-8-21(11(3)4)15-13(12)14(17)19-9-20-15;1-10(2)7-5-6-8-12-9-20(11(3)4)14-13(12)15(21)19-16(17)18-14;1-10(2)17-7-5-6-12-8-20(11(3)4)15-13(12)14(16)18-9-19-15;1-9(2)15-7-5-6-11-8-17(10(3)4)13(18)16-12(11)14;1-9(2)14-7-5-6-11-8-16(10(3)4)13(18)15-12(11)17;;;;;;/h9-11H,6,8H2,1-4H3,(H3,18,19,20,23);8-11H,7H2,1-4H3,(H,18,22)(H2,17,19,20);9-11H,5,7H2,1-4H3,(H3,17,18,19,21);8-11,17H,7H2,1-4H3,(H2,16,18,19);8-10,15H,7H2,1-4H3,(H2,14,16,18);8-10,14H,7H2,1-4H3,(H,15,17,18);6*1H4.